The van der Waals surface area contributed by atoms with Gasteiger partial charge in [-0.1, -0.05) is 13.8 Å². The highest BCUT2D eigenvalue weighted by atomic mass is 16.5. The van der Waals surface area contributed by atoms with Gasteiger partial charge in [-0.05, 0) is 52.4 Å². The zero-order valence-corrected chi connectivity index (χ0v) is 13.6. The van der Waals surface area contributed by atoms with Crippen LogP contribution in [0.4, 0.5) is 0 Å². The smallest absolute Gasteiger partial charge is 0.0760 e. The first-order valence-electron chi connectivity index (χ1n) is 7.70. The highest BCUT2D eigenvalue weighted by Gasteiger charge is 2.44. The highest BCUT2D eigenvalue weighted by molar-refractivity contribution is 4.98. The van der Waals surface area contributed by atoms with Crippen molar-refractivity contribution in [3.05, 3.63) is 0 Å². The van der Waals surface area contributed by atoms with Gasteiger partial charge in [0.25, 0.3) is 0 Å². The third kappa shape index (κ3) is 3.71. The second-order valence-corrected chi connectivity index (χ2v) is 8.66. The van der Waals surface area contributed by atoms with Crippen LogP contribution in [0.1, 0.15) is 60.8 Å². The SMILES string of the molecule is CC1(C)CCC(N)C(N2CC(C)(C)OC(C)(C)C2)C1. The maximum atomic E-state index is 6.43. The van der Waals surface area contributed by atoms with E-state index < -0.39 is 0 Å². The Balaban J connectivity index is 2.15. The second kappa shape index (κ2) is 4.71. The molecular weight excluding hydrogens is 236 g/mol. The molecule has 1 heterocycles. The third-order valence-electron chi connectivity index (χ3n) is 4.60. The molecule has 3 nitrogen and oxygen atoms in total. The molecule has 0 aromatic heterocycles. The molecule has 0 aromatic carbocycles. The summed E-state index contributed by atoms with van der Waals surface area (Å²) in [4.78, 5) is 2.59. The number of morpholine rings is 1. The van der Waals surface area contributed by atoms with Crippen molar-refractivity contribution in [2.45, 2.75) is 84.1 Å². The zero-order valence-electron chi connectivity index (χ0n) is 13.6. The Hall–Kier alpha value is -0.120. The monoisotopic (exact) mass is 268 g/mol. The summed E-state index contributed by atoms with van der Waals surface area (Å²) in [7, 11) is 0. The number of hydrogen-bond acceptors (Lipinski definition) is 3. The first-order valence-corrected chi connectivity index (χ1v) is 7.70. The summed E-state index contributed by atoms with van der Waals surface area (Å²) in [6.45, 7) is 15.5. The van der Waals surface area contributed by atoms with E-state index in [2.05, 4.69) is 46.4 Å². The van der Waals surface area contributed by atoms with E-state index in [1.807, 2.05) is 0 Å². The van der Waals surface area contributed by atoms with Crippen molar-refractivity contribution in [1.82, 2.24) is 4.90 Å². The fourth-order valence-corrected chi connectivity index (χ4v) is 4.05. The van der Waals surface area contributed by atoms with Gasteiger partial charge in [-0.2, -0.15) is 0 Å². The van der Waals surface area contributed by atoms with Gasteiger partial charge >= 0.3 is 0 Å². The standard InChI is InChI=1S/C16H32N2O/c1-14(2)8-7-12(17)13(9-14)18-10-15(3,4)19-16(5,6)11-18/h12-13H,7-11,17H2,1-6H3. The van der Waals surface area contributed by atoms with Crippen LogP contribution >= 0.6 is 0 Å². The van der Waals surface area contributed by atoms with Crippen molar-refractivity contribution >= 4 is 0 Å². The van der Waals surface area contributed by atoms with E-state index in [-0.39, 0.29) is 11.2 Å². The van der Waals surface area contributed by atoms with Crippen molar-refractivity contribution in [2.75, 3.05) is 13.1 Å². The van der Waals surface area contributed by atoms with Gasteiger partial charge in [0.05, 0.1) is 11.2 Å². The van der Waals surface area contributed by atoms with Gasteiger partial charge < -0.3 is 10.5 Å². The minimum atomic E-state index is -0.0803. The largest absolute Gasteiger partial charge is 0.367 e. The lowest BCUT2D eigenvalue weighted by molar-refractivity contribution is -0.192. The summed E-state index contributed by atoms with van der Waals surface area (Å²) in [5, 5.41) is 0. The Labute approximate surface area is 118 Å². The van der Waals surface area contributed by atoms with Gasteiger partial charge in [0.1, 0.15) is 0 Å². The van der Waals surface area contributed by atoms with E-state index in [1.165, 1.54) is 12.8 Å². The van der Waals surface area contributed by atoms with Crippen LogP contribution < -0.4 is 5.73 Å². The van der Waals surface area contributed by atoms with Crippen molar-refractivity contribution in [1.29, 1.82) is 0 Å². The summed E-state index contributed by atoms with van der Waals surface area (Å²) in [6.07, 6.45) is 3.61. The molecule has 112 valence electrons. The number of ether oxygens (including phenoxy) is 1. The molecular formula is C16H32N2O. The number of nitrogens with two attached hydrogens (primary N) is 1. The third-order valence-corrected chi connectivity index (χ3v) is 4.60. The predicted octanol–water partition coefficient (Wildman–Crippen LogP) is 2.78. The number of nitrogens with zero attached hydrogens (tertiary/aromatic N) is 1. The molecule has 2 aliphatic rings. The molecule has 2 atom stereocenters. The topological polar surface area (TPSA) is 38.5 Å². The summed E-state index contributed by atoms with van der Waals surface area (Å²) < 4.78 is 6.19. The van der Waals surface area contributed by atoms with Crippen LogP contribution in [0.25, 0.3) is 0 Å². The Morgan fingerprint density at radius 3 is 2.05 bits per heavy atom. The Morgan fingerprint density at radius 1 is 1.00 bits per heavy atom. The zero-order chi connectivity index (χ0) is 14.5. The van der Waals surface area contributed by atoms with E-state index in [9.17, 15) is 0 Å². The first kappa shape index (κ1) is 15.3. The van der Waals surface area contributed by atoms with Gasteiger partial charge in [0.2, 0.25) is 0 Å². The van der Waals surface area contributed by atoms with Gasteiger partial charge in [-0.3, -0.25) is 4.90 Å². The second-order valence-electron chi connectivity index (χ2n) is 8.66. The molecule has 0 aromatic rings. The van der Waals surface area contributed by atoms with Gasteiger partial charge in [-0.15, -0.1) is 0 Å². The first-order chi connectivity index (χ1) is 8.50. The molecule has 0 amide bonds. The summed E-state index contributed by atoms with van der Waals surface area (Å²) in [5.41, 5.74) is 6.69. The van der Waals surface area contributed by atoms with E-state index in [0.717, 1.165) is 19.5 Å². The lowest BCUT2D eigenvalue weighted by Crippen LogP contribution is -2.64. The van der Waals surface area contributed by atoms with Gasteiger partial charge in [-0.25, -0.2) is 0 Å². The number of rotatable bonds is 1. The summed E-state index contributed by atoms with van der Waals surface area (Å²) in [5.74, 6) is 0. The quantitative estimate of drug-likeness (QED) is 0.795. The van der Waals surface area contributed by atoms with Crippen LogP contribution in [-0.4, -0.2) is 41.3 Å². The van der Waals surface area contributed by atoms with Crippen molar-refractivity contribution in [3.8, 4) is 0 Å². The van der Waals surface area contributed by atoms with Crippen LogP contribution in [-0.2, 0) is 4.74 Å². The molecule has 2 unspecified atom stereocenters. The minimum absolute atomic E-state index is 0.0803. The lowest BCUT2D eigenvalue weighted by Gasteiger charge is -2.53. The fraction of sp³-hybridized carbons (Fsp3) is 1.00. The molecule has 2 fully saturated rings. The van der Waals surface area contributed by atoms with Crippen LogP contribution in [0.3, 0.4) is 0 Å². The minimum Gasteiger partial charge on any atom is -0.367 e. The van der Waals surface area contributed by atoms with Crippen LogP contribution in [0, 0.1) is 5.41 Å². The van der Waals surface area contributed by atoms with Crippen molar-refractivity contribution < 1.29 is 4.74 Å². The number of hydrogen-bond donors (Lipinski definition) is 1. The average Bonchev–Trinajstić information content (AvgIpc) is 2.17. The molecule has 0 radical (unpaired) electrons. The maximum absolute atomic E-state index is 6.43. The molecule has 1 aliphatic carbocycles. The van der Waals surface area contributed by atoms with E-state index in [1.54, 1.807) is 0 Å². The maximum Gasteiger partial charge on any atom is 0.0760 e. The summed E-state index contributed by atoms with van der Waals surface area (Å²) >= 11 is 0. The van der Waals surface area contributed by atoms with E-state index in [0.29, 0.717) is 17.5 Å². The molecule has 19 heavy (non-hydrogen) atoms. The Morgan fingerprint density at radius 2 is 1.53 bits per heavy atom. The molecule has 1 saturated carbocycles. The van der Waals surface area contributed by atoms with Crippen LogP contribution in [0.2, 0.25) is 0 Å². The molecule has 2 N–H and O–H groups in total. The van der Waals surface area contributed by atoms with E-state index in [4.69, 9.17) is 10.5 Å². The van der Waals surface area contributed by atoms with Gasteiger partial charge in [0, 0.05) is 25.2 Å². The summed E-state index contributed by atoms with van der Waals surface area (Å²) in [6, 6.07) is 0.823. The molecule has 2 rings (SSSR count). The average molecular weight is 268 g/mol. The van der Waals surface area contributed by atoms with Crippen LogP contribution in [0.5, 0.6) is 0 Å². The van der Waals surface area contributed by atoms with Crippen molar-refractivity contribution in [2.24, 2.45) is 11.1 Å². The Kier molecular flexibility index (Phi) is 3.79. The molecule has 1 saturated heterocycles. The predicted molar refractivity (Wildman–Crippen MR) is 80.2 cm³/mol. The van der Waals surface area contributed by atoms with E-state index >= 15 is 0 Å². The van der Waals surface area contributed by atoms with Gasteiger partial charge in [0.15, 0.2) is 0 Å². The molecule has 0 bridgehead atoms. The van der Waals surface area contributed by atoms with Crippen molar-refractivity contribution in [3.63, 3.8) is 0 Å². The fourth-order valence-electron chi connectivity index (χ4n) is 4.05. The highest BCUT2D eigenvalue weighted by Crippen LogP contribution is 2.39. The molecule has 0 spiro atoms. The van der Waals surface area contributed by atoms with Crippen LogP contribution in [0.15, 0.2) is 0 Å². The molecule has 1 aliphatic heterocycles. The normalized spacial score (nSPS) is 38.1. The lowest BCUT2D eigenvalue weighted by atomic mass is 9.72. The molecule has 3 heteroatoms. The Bertz CT molecular complexity index is 320.